The number of benzene rings is 4. The number of aromatic nitrogens is 3. The van der Waals surface area contributed by atoms with E-state index in [0.717, 1.165) is 62.2 Å². The number of pyridine rings is 1. The number of hydrogen-bond acceptors (Lipinski definition) is 1. The van der Waals surface area contributed by atoms with Gasteiger partial charge < -0.3 is 0 Å². The summed E-state index contributed by atoms with van der Waals surface area (Å²) in [6, 6.07) is 41.8. The summed E-state index contributed by atoms with van der Waals surface area (Å²) >= 11 is 6.26. The molecule has 0 bridgehead atoms. The van der Waals surface area contributed by atoms with Crippen molar-refractivity contribution >= 4 is 22.6 Å². The molecule has 0 aliphatic rings. The summed E-state index contributed by atoms with van der Waals surface area (Å²) in [5, 5.41) is 0.718. The van der Waals surface area contributed by atoms with Crippen LogP contribution >= 0.6 is 11.6 Å². The molecule has 0 saturated heterocycles. The molecule has 0 unspecified atom stereocenters. The van der Waals surface area contributed by atoms with Crippen LogP contribution in [0.15, 0.2) is 121 Å². The average molecular weight is 487 g/mol. The van der Waals surface area contributed by atoms with Gasteiger partial charge in [0, 0.05) is 10.6 Å². The molecule has 0 amide bonds. The Morgan fingerprint density at radius 3 is 1.97 bits per heavy atom. The van der Waals surface area contributed by atoms with E-state index in [0.29, 0.717) is 0 Å². The zero-order valence-electron chi connectivity index (χ0n) is 20.0. The van der Waals surface area contributed by atoms with Crippen LogP contribution in [-0.2, 0) is 6.54 Å². The van der Waals surface area contributed by atoms with E-state index in [1.54, 1.807) is 0 Å². The van der Waals surface area contributed by atoms with E-state index in [9.17, 15) is 0 Å². The number of aryl methyl sites for hydroxylation is 1. The minimum Gasteiger partial charge on any atom is -0.240 e. The highest BCUT2D eigenvalue weighted by atomic mass is 35.5. The summed E-state index contributed by atoms with van der Waals surface area (Å²) in [4.78, 5) is 5.24. The van der Waals surface area contributed by atoms with Crippen LogP contribution in [0.2, 0.25) is 5.02 Å². The fourth-order valence-corrected chi connectivity index (χ4v) is 4.98. The molecule has 0 fully saturated rings. The maximum absolute atomic E-state index is 6.26. The largest absolute Gasteiger partial charge is 0.314 e. The maximum Gasteiger partial charge on any atom is 0.314 e. The Morgan fingerprint density at radius 1 is 0.667 bits per heavy atom. The second-order valence-corrected chi connectivity index (χ2v) is 9.16. The van der Waals surface area contributed by atoms with E-state index in [4.69, 9.17) is 16.6 Å². The van der Waals surface area contributed by atoms with Crippen molar-refractivity contribution in [3.8, 4) is 39.6 Å². The van der Waals surface area contributed by atoms with Crippen molar-refractivity contribution in [3.05, 3.63) is 126 Å². The topological polar surface area (TPSA) is 21.7 Å². The Balaban J connectivity index is 1.70. The zero-order chi connectivity index (χ0) is 24.5. The van der Waals surface area contributed by atoms with Gasteiger partial charge in [-0.25, -0.2) is 9.55 Å². The third kappa shape index (κ3) is 3.98. The lowest BCUT2D eigenvalue weighted by atomic mass is 10.0. The first kappa shape index (κ1) is 22.3. The normalized spacial score (nSPS) is 11.2. The van der Waals surface area contributed by atoms with E-state index >= 15 is 0 Å². The highest BCUT2D eigenvalue weighted by molar-refractivity contribution is 6.30. The van der Waals surface area contributed by atoms with Gasteiger partial charge in [0.25, 0.3) is 0 Å². The van der Waals surface area contributed by atoms with Crippen molar-refractivity contribution in [3.63, 3.8) is 0 Å². The molecule has 3 nitrogen and oxygen atoms in total. The van der Waals surface area contributed by atoms with E-state index in [1.165, 1.54) is 0 Å². The first-order valence-electron chi connectivity index (χ1n) is 12.2. The lowest BCUT2D eigenvalue weighted by Gasteiger charge is -2.10. The van der Waals surface area contributed by atoms with Gasteiger partial charge in [-0.3, -0.25) is 0 Å². The van der Waals surface area contributed by atoms with Crippen molar-refractivity contribution in [1.29, 1.82) is 0 Å². The molecule has 0 aliphatic carbocycles. The predicted molar refractivity (Wildman–Crippen MR) is 148 cm³/mol. The number of imidazole rings is 1. The van der Waals surface area contributed by atoms with Crippen LogP contribution < -0.4 is 4.57 Å². The number of halogens is 1. The first-order chi connectivity index (χ1) is 17.7. The molecule has 0 saturated carbocycles. The number of hydrogen-bond donors (Lipinski definition) is 0. The van der Waals surface area contributed by atoms with Gasteiger partial charge in [-0.1, -0.05) is 84.4 Å². The van der Waals surface area contributed by atoms with Crippen LogP contribution in [0.5, 0.6) is 0 Å². The smallest absolute Gasteiger partial charge is 0.240 e. The quantitative estimate of drug-likeness (QED) is 0.226. The van der Waals surface area contributed by atoms with E-state index in [1.807, 2.05) is 24.3 Å². The molecule has 2 aromatic heterocycles. The fraction of sp³-hybridized carbons (Fsp3) is 0.0625. The predicted octanol–water partition coefficient (Wildman–Crippen LogP) is 7.99. The first-order valence-corrected chi connectivity index (χ1v) is 12.5. The summed E-state index contributed by atoms with van der Waals surface area (Å²) in [7, 11) is 0. The summed E-state index contributed by atoms with van der Waals surface area (Å²) in [5.41, 5.74) is 8.60. The second kappa shape index (κ2) is 9.44. The molecule has 6 aromatic rings. The van der Waals surface area contributed by atoms with Crippen molar-refractivity contribution < 1.29 is 4.57 Å². The molecule has 2 heterocycles. The molecule has 0 atom stereocenters. The molecule has 174 valence electrons. The van der Waals surface area contributed by atoms with Crippen LogP contribution in [0.3, 0.4) is 0 Å². The number of rotatable bonds is 5. The molecule has 0 radical (unpaired) electrons. The van der Waals surface area contributed by atoms with Gasteiger partial charge in [-0.15, -0.1) is 0 Å². The summed E-state index contributed by atoms with van der Waals surface area (Å²) in [6.45, 7) is 3.00. The van der Waals surface area contributed by atoms with Crippen LogP contribution in [0.4, 0.5) is 0 Å². The molecule has 0 spiro atoms. The van der Waals surface area contributed by atoms with Gasteiger partial charge in [0.1, 0.15) is 5.69 Å². The highest BCUT2D eigenvalue weighted by Gasteiger charge is 2.28. The molecule has 36 heavy (non-hydrogen) atoms. The van der Waals surface area contributed by atoms with Gasteiger partial charge in [-0.2, -0.15) is 4.57 Å². The van der Waals surface area contributed by atoms with E-state index in [-0.39, 0.29) is 0 Å². The lowest BCUT2D eigenvalue weighted by Crippen LogP contribution is -2.34. The van der Waals surface area contributed by atoms with Crippen molar-refractivity contribution in [2.45, 2.75) is 13.5 Å². The van der Waals surface area contributed by atoms with Crippen LogP contribution in [0.1, 0.15) is 6.92 Å². The molecular weight excluding hydrogens is 462 g/mol. The molecule has 4 aromatic carbocycles. The Labute approximate surface area is 215 Å². The summed E-state index contributed by atoms with van der Waals surface area (Å²) in [5.74, 6) is 1.04. The fourth-order valence-electron chi connectivity index (χ4n) is 4.85. The summed E-state index contributed by atoms with van der Waals surface area (Å²) in [6.07, 6.45) is 0. The van der Waals surface area contributed by atoms with Crippen molar-refractivity contribution in [1.82, 2.24) is 9.55 Å². The Bertz CT molecular complexity index is 1600. The molecule has 0 aliphatic heterocycles. The molecule has 4 heteroatoms. The van der Waals surface area contributed by atoms with Gasteiger partial charge in [0.15, 0.2) is 16.7 Å². The van der Waals surface area contributed by atoms with Gasteiger partial charge in [0.05, 0.1) is 12.2 Å². The number of para-hydroxylation sites is 2. The average Bonchev–Trinajstić information content (AvgIpc) is 3.28. The standard InChI is InChI=1S/C32H25ClN3/c1-2-35-30-15-9-10-16-31(30)36(27-19-17-26(33)18-20-27)32(35)29-22-25(23-11-5-3-6-12-23)21-28(34-29)24-13-7-4-8-14-24/h3-22H,2H2,1H3/q+1. The number of nitrogens with zero attached hydrogens (tertiary/aromatic N) is 3. The van der Waals surface area contributed by atoms with Crippen LogP contribution in [-0.4, -0.2) is 9.55 Å². The lowest BCUT2D eigenvalue weighted by molar-refractivity contribution is -0.657. The Hall–Kier alpha value is -4.21. The van der Waals surface area contributed by atoms with E-state index in [2.05, 4.69) is 113 Å². The Kier molecular flexibility index (Phi) is 5.84. The maximum atomic E-state index is 6.26. The SMILES string of the molecule is CC[n+]1c(-c2cc(-c3ccccc3)cc(-c3ccccc3)n2)n(-c2ccc(Cl)cc2)c2ccccc21. The van der Waals surface area contributed by atoms with Gasteiger partial charge in [0.2, 0.25) is 0 Å². The van der Waals surface area contributed by atoms with Gasteiger partial charge >= 0.3 is 5.82 Å². The minimum atomic E-state index is 0.718. The third-order valence-electron chi connectivity index (χ3n) is 6.51. The highest BCUT2D eigenvalue weighted by Crippen LogP contribution is 2.32. The monoisotopic (exact) mass is 486 g/mol. The van der Waals surface area contributed by atoms with Gasteiger partial charge in [-0.05, 0) is 66.6 Å². The molecular formula is C32H25ClN3+. The number of fused-ring (bicyclic) bond motifs is 1. The molecule has 6 rings (SSSR count). The van der Waals surface area contributed by atoms with Crippen molar-refractivity contribution in [2.75, 3.05) is 0 Å². The summed E-state index contributed by atoms with van der Waals surface area (Å²) < 4.78 is 4.64. The van der Waals surface area contributed by atoms with E-state index < -0.39 is 0 Å². The van der Waals surface area contributed by atoms with Crippen LogP contribution in [0, 0.1) is 0 Å². The molecule has 0 N–H and O–H groups in total. The Morgan fingerprint density at radius 2 is 1.28 bits per heavy atom. The minimum absolute atomic E-state index is 0.718. The van der Waals surface area contributed by atoms with Crippen LogP contribution in [0.25, 0.3) is 50.6 Å². The third-order valence-corrected chi connectivity index (χ3v) is 6.77. The zero-order valence-corrected chi connectivity index (χ0v) is 20.7. The second-order valence-electron chi connectivity index (χ2n) is 8.73. The van der Waals surface area contributed by atoms with Crippen molar-refractivity contribution in [2.24, 2.45) is 0 Å².